The first-order chi connectivity index (χ1) is 10.5. The standard InChI is InChI=1S/C15H12FN3O3/c16-13-5-1-12(2-6-13)10-17-18-15(20)9-11-3-7-14(8-4-11)19(21)22/h1-8,10H,9H2,(H,18,20)/b17-10+. The summed E-state index contributed by atoms with van der Waals surface area (Å²) in [5.41, 5.74) is 3.59. The molecule has 0 aliphatic heterocycles. The molecular weight excluding hydrogens is 289 g/mol. The van der Waals surface area contributed by atoms with Gasteiger partial charge in [0.05, 0.1) is 17.6 Å². The second kappa shape index (κ2) is 7.07. The first-order valence-electron chi connectivity index (χ1n) is 6.35. The quantitative estimate of drug-likeness (QED) is 0.523. The molecule has 0 fully saturated rings. The third-order valence-corrected chi connectivity index (χ3v) is 2.78. The van der Waals surface area contributed by atoms with Gasteiger partial charge in [-0.1, -0.05) is 24.3 Å². The van der Waals surface area contributed by atoms with E-state index >= 15 is 0 Å². The molecule has 2 aromatic carbocycles. The lowest BCUT2D eigenvalue weighted by molar-refractivity contribution is -0.384. The van der Waals surface area contributed by atoms with Gasteiger partial charge in [0, 0.05) is 12.1 Å². The number of hydrogen-bond donors (Lipinski definition) is 1. The van der Waals surface area contributed by atoms with Crippen molar-refractivity contribution in [1.29, 1.82) is 0 Å². The number of amides is 1. The highest BCUT2D eigenvalue weighted by Crippen LogP contribution is 2.12. The predicted octanol–water partition coefficient (Wildman–Crippen LogP) is 2.43. The van der Waals surface area contributed by atoms with Crippen molar-refractivity contribution in [3.63, 3.8) is 0 Å². The van der Waals surface area contributed by atoms with E-state index in [-0.39, 0.29) is 23.8 Å². The minimum atomic E-state index is -0.503. The minimum absolute atomic E-state index is 0.0292. The molecule has 0 heterocycles. The topological polar surface area (TPSA) is 84.6 Å². The Hall–Kier alpha value is -3.09. The summed E-state index contributed by atoms with van der Waals surface area (Å²) in [6.45, 7) is 0. The summed E-state index contributed by atoms with van der Waals surface area (Å²) in [6, 6.07) is 11.3. The van der Waals surface area contributed by atoms with E-state index in [1.165, 1.54) is 54.7 Å². The van der Waals surface area contributed by atoms with Gasteiger partial charge < -0.3 is 0 Å². The number of halogens is 1. The fraction of sp³-hybridized carbons (Fsp3) is 0.0667. The van der Waals surface area contributed by atoms with Crippen LogP contribution in [0.2, 0.25) is 0 Å². The summed E-state index contributed by atoms with van der Waals surface area (Å²) in [5, 5.41) is 14.3. The maximum atomic E-state index is 12.7. The highest BCUT2D eigenvalue weighted by atomic mass is 19.1. The zero-order valence-electron chi connectivity index (χ0n) is 11.4. The largest absolute Gasteiger partial charge is 0.273 e. The Morgan fingerprint density at radius 2 is 1.82 bits per heavy atom. The smallest absolute Gasteiger partial charge is 0.269 e. The van der Waals surface area contributed by atoms with E-state index in [0.29, 0.717) is 11.1 Å². The molecule has 0 bridgehead atoms. The third-order valence-electron chi connectivity index (χ3n) is 2.78. The molecule has 22 heavy (non-hydrogen) atoms. The van der Waals surface area contributed by atoms with Crippen LogP contribution in [-0.2, 0) is 11.2 Å². The van der Waals surface area contributed by atoms with Crippen LogP contribution in [-0.4, -0.2) is 17.0 Å². The molecule has 0 saturated heterocycles. The number of hydrazone groups is 1. The molecule has 0 saturated carbocycles. The van der Waals surface area contributed by atoms with Gasteiger partial charge in [-0.2, -0.15) is 5.10 Å². The Balaban J connectivity index is 1.87. The molecule has 1 amide bonds. The van der Waals surface area contributed by atoms with Crippen LogP contribution in [0.5, 0.6) is 0 Å². The van der Waals surface area contributed by atoms with Crippen molar-refractivity contribution in [2.45, 2.75) is 6.42 Å². The lowest BCUT2D eigenvalue weighted by atomic mass is 10.1. The van der Waals surface area contributed by atoms with Gasteiger partial charge in [0.2, 0.25) is 5.91 Å². The zero-order chi connectivity index (χ0) is 15.9. The molecule has 0 aliphatic rings. The number of nitro groups is 1. The molecule has 0 aliphatic carbocycles. The summed E-state index contributed by atoms with van der Waals surface area (Å²) in [6.07, 6.45) is 1.45. The number of nitrogens with zero attached hydrogens (tertiary/aromatic N) is 2. The molecule has 0 spiro atoms. The number of benzene rings is 2. The lowest BCUT2D eigenvalue weighted by Crippen LogP contribution is -2.19. The van der Waals surface area contributed by atoms with Crippen molar-refractivity contribution >= 4 is 17.8 Å². The van der Waals surface area contributed by atoms with E-state index in [1.807, 2.05) is 0 Å². The molecule has 112 valence electrons. The molecule has 7 heteroatoms. The number of carbonyl (C=O) groups is 1. The molecule has 0 unspecified atom stereocenters. The van der Waals surface area contributed by atoms with Crippen molar-refractivity contribution in [3.8, 4) is 0 Å². The number of carbonyl (C=O) groups excluding carboxylic acids is 1. The van der Waals surface area contributed by atoms with E-state index in [0.717, 1.165) is 0 Å². The van der Waals surface area contributed by atoms with Crippen LogP contribution < -0.4 is 5.43 Å². The number of hydrogen-bond acceptors (Lipinski definition) is 4. The average Bonchev–Trinajstić information content (AvgIpc) is 2.50. The van der Waals surface area contributed by atoms with Crippen LogP contribution in [0, 0.1) is 15.9 Å². The first-order valence-corrected chi connectivity index (χ1v) is 6.35. The van der Waals surface area contributed by atoms with Crippen molar-refractivity contribution < 1.29 is 14.1 Å². The fourth-order valence-electron chi connectivity index (χ4n) is 1.69. The molecule has 1 N–H and O–H groups in total. The van der Waals surface area contributed by atoms with E-state index < -0.39 is 4.92 Å². The second-order valence-electron chi connectivity index (χ2n) is 4.45. The Morgan fingerprint density at radius 3 is 2.41 bits per heavy atom. The summed E-state index contributed by atoms with van der Waals surface area (Å²) < 4.78 is 12.7. The van der Waals surface area contributed by atoms with Gasteiger partial charge in [-0.3, -0.25) is 14.9 Å². The highest BCUT2D eigenvalue weighted by Gasteiger charge is 2.06. The molecule has 2 rings (SSSR count). The van der Waals surface area contributed by atoms with Crippen molar-refractivity contribution in [2.24, 2.45) is 5.10 Å². The van der Waals surface area contributed by atoms with Crippen molar-refractivity contribution in [3.05, 3.63) is 75.6 Å². The van der Waals surface area contributed by atoms with Crippen molar-refractivity contribution in [1.82, 2.24) is 5.43 Å². The van der Waals surface area contributed by atoms with Gasteiger partial charge in [-0.15, -0.1) is 0 Å². The predicted molar refractivity (Wildman–Crippen MR) is 78.9 cm³/mol. The molecule has 6 nitrogen and oxygen atoms in total. The van der Waals surface area contributed by atoms with Gasteiger partial charge in [0.25, 0.3) is 5.69 Å². The number of non-ortho nitro benzene ring substituents is 1. The Labute approximate surface area is 125 Å². The monoisotopic (exact) mass is 301 g/mol. The van der Waals surface area contributed by atoms with Crippen LogP contribution in [0.3, 0.4) is 0 Å². The van der Waals surface area contributed by atoms with E-state index in [2.05, 4.69) is 10.5 Å². The molecule has 0 atom stereocenters. The van der Waals surface area contributed by atoms with Gasteiger partial charge in [0.1, 0.15) is 5.82 Å². The summed E-state index contributed by atoms with van der Waals surface area (Å²) in [5.74, 6) is -0.702. The maximum Gasteiger partial charge on any atom is 0.269 e. The average molecular weight is 301 g/mol. The third kappa shape index (κ3) is 4.48. The van der Waals surface area contributed by atoms with Gasteiger partial charge in [-0.05, 0) is 23.3 Å². The first kappa shape index (κ1) is 15.3. The van der Waals surface area contributed by atoms with Crippen LogP contribution in [0.4, 0.5) is 10.1 Å². The van der Waals surface area contributed by atoms with Gasteiger partial charge in [-0.25, -0.2) is 9.82 Å². The maximum absolute atomic E-state index is 12.7. The number of rotatable bonds is 5. The second-order valence-corrected chi connectivity index (χ2v) is 4.45. The van der Waals surface area contributed by atoms with Crippen LogP contribution >= 0.6 is 0 Å². The lowest BCUT2D eigenvalue weighted by Gasteiger charge is -2.00. The number of nitrogens with one attached hydrogen (secondary N) is 1. The van der Waals surface area contributed by atoms with E-state index in [9.17, 15) is 19.3 Å². The minimum Gasteiger partial charge on any atom is -0.273 e. The summed E-state index contributed by atoms with van der Waals surface area (Å²) >= 11 is 0. The zero-order valence-corrected chi connectivity index (χ0v) is 11.4. The molecule has 0 radical (unpaired) electrons. The van der Waals surface area contributed by atoms with Crippen LogP contribution in [0.15, 0.2) is 53.6 Å². The fourth-order valence-corrected chi connectivity index (χ4v) is 1.69. The van der Waals surface area contributed by atoms with E-state index in [1.54, 1.807) is 0 Å². The van der Waals surface area contributed by atoms with Gasteiger partial charge >= 0.3 is 0 Å². The van der Waals surface area contributed by atoms with Crippen LogP contribution in [0.25, 0.3) is 0 Å². The molecule has 0 aromatic heterocycles. The summed E-state index contributed by atoms with van der Waals surface area (Å²) in [4.78, 5) is 21.7. The number of nitro benzene ring substituents is 1. The van der Waals surface area contributed by atoms with Gasteiger partial charge in [0.15, 0.2) is 0 Å². The van der Waals surface area contributed by atoms with Crippen molar-refractivity contribution in [2.75, 3.05) is 0 Å². The molecular formula is C15H12FN3O3. The van der Waals surface area contributed by atoms with E-state index in [4.69, 9.17) is 0 Å². The normalized spacial score (nSPS) is 10.6. The SMILES string of the molecule is O=C(Cc1ccc([N+](=O)[O-])cc1)N/N=C/c1ccc(F)cc1. The Bertz CT molecular complexity index is 697. The molecule has 2 aromatic rings. The summed E-state index contributed by atoms with van der Waals surface area (Å²) in [7, 11) is 0. The Morgan fingerprint density at radius 1 is 1.18 bits per heavy atom. The highest BCUT2D eigenvalue weighted by molar-refractivity contribution is 5.83. The Kier molecular flexibility index (Phi) is 4.92. The van der Waals surface area contributed by atoms with Crippen LogP contribution in [0.1, 0.15) is 11.1 Å².